The molecule has 2 aromatic rings. The van der Waals surface area contributed by atoms with Crippen LogP contribution in [0.25, 0.3) is 0 Å². The van der Waals surface area contributed by atoms with Crippen LogP contribution in [0, 0.1) is 11.6 Å². The molecule has 2 rings (SSSR count). The molecule has 0 aliphatic heterocycles. The minimum atomic E-state index is -3.98. The molecule has 0 unspecified atom stereocenters. The van der Waals surface area contributed by atoms with E-state index in [4.69, 9.17) is 11.6 Å². The van der Waals surface area contributed by atoms with Crippen molar-refractivity contribution in [1.82, 2.24) is 0 Å². The number of hydrogen-bond donors (Lipinski definition) is 0. The smallest absolute Gasteiger partial charge is 0.264 e. The number of nitrogens with zero attached hydrogens (tertiary/aromatic N) is 1. The molecule has 0 aliphatic carbocycles. The van der Waals surface area contributed by atoms with Gasteiger partial charge < -0.3 is 0 Å². The predicted molar refractivity (Wildman–Crippen MR) is 73.4 cm³/mol. The monoisotopic (exact) mass is 317 g/mol. The van der Waals surface area contributed by atoms with E-state index in [1.165, 1.54) is 24.3 Å². The molecule has 0 amide bonds. The SMILES string of the molecule is CN(c1cc(F)ccc1F)S(=O)(=O)c1ccc(Cl)cc1. The molecule has 20 heavy (non-hydrogen) atoms. The third-order valence-corrected chi connectivity index (χ3v) is 4.76. The molecule has 0 aromatic heterocycles. The third kappa shape index (κ3) is 2.76. The summed E-state index contributed by atoms with van der Waals surface area (Å²) >= 11 is 5.69. The molecular weight excluding hydrogens is 308 g/mol. The summed E-state index contributed by atoms with van der Waals surface area (Å²) in [7, 11) is -2.83. The molecule has 0 aliphatic rings. The molecule has 0 saturated heterocycles. The van der Waals surface area contributed by atoms with E-state index in [2.05, 4.69) is 0 Å². The van der Waals surface area contributed by atoms with Crippen LogP contribution in [0.15, 0.2) is 47.4 Å². The van der Waals surface area contributed by atoms with Crippen LogP contribution in [0.5, 0.6) is 0 Å². The van der Waals surface area contributed by atoms with E-state index in [0.29, 0.717) is 9.33 Å². The molecule has 0 saturated carbocycles. The van der Waals surface area contributed by atoms with Crippen molar-refractivity contribution in [1.29, 1.82) is 0 Å². The lowest BCUT2D eigenvalue weighted by Gasteiger charge is -2.20. The highest BCUT2D eigenvalue weighted by Gasteiger charge is 2.23. The van der Waals surface area contributed by atoms with E-state index in [-0.39, 0.29) is 10.6 Å². The van der Waals surface area contributed by atoms with Gasteiger partial charge in [0.15, 0.2) is 0 Å². The van der Waals surface area contributed by atoms with Crippen LogP contribution in [0.4, 0.5) is 14.5 Å². The highest BCUT2D eigenvalue weighted by Crippen LogP contribution is 2.26. The molecule has 0 heterocycles. The highest BCUT2D eigenvalue weighted by atomic mass is 35.5. The molecule has 0 radical (unpaired) electrons. The molecule has 0 N–H and O–H groups in total. The molecular formula is C13H10ClF2NO2S. The van der Waals surface area contributed by atoms with Crippen LogP contribution in [0.1, 0.15) is 0 Å². The van der Waals surface area contributed by atoms with E-state index in [9.17, 15) is 17.2 Å². The van der Waals surface area contributed by atoms with Crippen LogP contribution >= 0.6 is 11.6 Å². The van der Waals surface area contributed by atoms with Gasteiger partial charge in [0.1, 0.15) is 11.6 Å². The zero-order chi connectivity index (χ0) is 14.9. The molecule has 2 aromatic carbocycles. The average molecular weight is 318 g/mol. The summed E-state index contributed by atoms with van der Waals surface area (Å²) in [5.74, 6) is -1.55. The van der Waals surface area contributed by atoms with E-state index in [0.717, 1.165) is 25.2 Å². The zero-order valence-electron chi connectivity index (χ0n) is 10.3. The first kappa shape index (κ1) is 14.7. The second-order valence-electron chi connectivity index (χ2n) is 4.02. The second kappa shape index (κ2) is 5.38. The van der Waals surface area contributed by atoms with Crippen molar-refractivity contribution in [3.8, 4) is 0 Å². The van der Waals surface area contributed by atoms with Crippen molar-refractivity contribution in [2.45, 2.75) is 4.90 Å². The topological polar surface area (TPSA) is 37.4 Å². The van der Waals surface area contributed by atoms with Crippen LogP contribution in [0.3, 0.4) is 0 Å². The van der Waals surface area contributed by atoms with Crippen LogP contribution in [0.2, 0.25) is 5.02 Å². The largest absolute Gasteiger partial charge is 0.266 e. The maximum absolute atomic E-state index is 13.6. The van der Waals surface area contributed by atoms with Gasteiger partial charge in [0.05, 0.1) is 10.6 Å². The highest BCUT2D eigenvalue weighted by molar-refractivity contribution is 7.92. The van der Waals surface area contributed by atoms with Crippen LogP contribution < -0.4 is 4.31 Å². The minimum absolute atomic E-state index is 0.0620. The third-order valence-electron chi connectivity index (χ3n) is 2.72. The molecule has 7 heteroatoms. The van der Waals surface area contributed by atoms with Crippen LogP contribution in [-0.4, -0.2) is 15.5 Å². The minimum Gasteiger partial charge on any atom is -0.266 e. The van der Waals surface area contributed by atoms with Gasteiger partial charge in [0, 0.05) is 18.1 Å². The summed E-state index contributed by atoms with van der Waals surface area (Å²) in [6, 6.07) is 8.02. The van der Waals surface area contributed by atoms with Gasteiger partial charge in [-0.05, 0) is 36.4 Å². The Morgan fingerprint density at radius 3 is 2.25 bits per heavy atom. The zero-order valence-corrected chi connectivity index (χ0v) is 11.9. The summed E-state index contributed by atoms with van der Waals surface area (Å²) in [5, 5.41) is 0.378. The molecule has 0 bridgehead atoms. The summed E-state index contributed by atoms with van der Waals surface area (Å²) in [5.41, 5.74) is -0.361. The summed E-state index contributed by atoms with van der Waals surface area (Å²) in [6.07, 6.45) is 0. The van der Waals surface area contributed by atoms with E-state index in [1.807, 2.05) is 0 Å². The molecule has 0 atom stereocenters. The quantitative estimate of drug-likeness (QED) is 0.869. The van der Waals surface area contributed by atoms with Gasteiger partial charge in [-0.3, -0.25) is 4.31 Å². The Labute approximate surface area is 120 Å². The first-order valence-corrected chi connectivity index (χ1v) is 7.34. The van der Waals surface area contributed by atoms with E-state index in [1.54, 1.807) is 0 Å². The number of halogens is 3. The number of hydrogen-bond acceptors (Lipinski definition) is 2. The van der Waals surface area contributed by atoms with Crippen LogP contribution in [-0.2, 0) is 10.0 Å². The number of sulfonamides is 1. The van der Waals surface area contributed by atoms with Crippen molar-refractivity contribution in [3.05, 3.63) is 59.1 Å². The maximum Gasteiger partial charge on any atom is 0.264 e. The number of rotatable bonds is 3. The molecule has 106 valence electrons. The summed E-state index contributed by atoms with van der Waals surface area (Å²) in [6.45, 7) is 0. The standard InChI is InChI=1S/C13H10ClF2NO2S/c1-17(13-8-10(15)4-7-12(13)16)20(18,19)11-5-2-9(14)3-6-11/h2-8H,1H3. The number of anilines is 1. The van der Waals surface area contributed by atoms with Crippen molar-refractivity contribution in [2.24, 2.45) is 0 Å². The van der Waals surface area contributed by atoms with Gasteiger partial charge in [-0.1, -0.05) is 11.6 Å². The first-order valence-electron chi connectivity index (χ1n) is 5.52. The van der Waals surface area contributed by atoms with Gasteiger partial charge in [-0.2, -0.15) is 0 Å². The van der Waals surface area contributed by atoms with Crippen molar-refractivity contribution in [3.63, 3.8) is 0 Å². The van der Waals surface area contributed by atoms with Crippen molar-refractivity contribution >= 4 is 27.3 Å². The summed E-state index contributed by atoms with van der Waals surface area (Å²) in [4.78, 5) is -0.0620. The van der Waals surface area contributed by atoms with Gasteiger partial charge in [-0.15, -0.1) is 0 Å². The lowest BCUT2D eigenvalue weighted by molar-refractivity contribution is 0.585. The Morgan fingerprint density at radius 2 is 1.65 bits per heavy atom. The Morgan fingerprint density at radius 1 is 1.05 bits per heavy atom. The Hall–Kier alpha value is -1.66. The average Bonchev–Trinajstić information content (AvgIpc) is 2.41. The van der Waals surface area contributed by atoms with E-state index < -0.39 is 21.7 Å². The van der Waals surface area contributed by atoms with Gasteiger partial charge in [0.25, 0.3) is 10.0 Å². The molecule has 0 spiro atoms. The molecule has 3 nitrogen and oxygen atoms in total. The fraction of sp³-hybridized carbons (Fsp3) is 0.0769. The van der Waals surface area contributed by atoms with Gasteiger partial charge in [-0.25, -0.2) is 17.2 Å². The normalized spacial score (nSPS) is 11.4. The van der Waals surface area contributed by atoms with Crippen molar-refractivity contribution < 1.29 is 17.2 Å². The number of benzene rings is 2. The van der Waals surface area contributed by atoms with E-state index >= 15 is 0 Å². The summed E-state index contributed by atoms with van der Waals surface area (Å²) < 4.78 is 52.1. The second-order valence-corrected chi connectivity index (χ2v) is 6.43. The van der Waals surface area contributed by atoms with Gasteiger partial charge in [0.2, 0.25) is 0 Å². The first-order chi connectivity index (χ1) is 9.32. The lowest BCUT2D eigenvalue weighted by atomic mass is 10.3. The lowest BCUT2D eigenvalue weighted by Crippen LogP contribution is -2.27. The predicted octanol–water partition coefficient (Wildman–Crippen LogP) is 3.44. The van der Waals surface area contributed by atoms with Gasteiger partial charge >= 0.3 is 0 Å². The molecule has 0 fully saturated rings. The van der Waals surface area contributed by atoms with Crippen molar-refractivity contribution in [2.75, 3.05) is 11.4 Å². The fourth-order valence-corrected chi connectivity index (χ4v) is 2.94. The maximum atomic E-state index is 13.6. The fourth-order valence-electron chi connectivity index (χ4n) is 1.62. The Kier molecular flexibility index (Phi) is 3.96. The Balaban J connectivity index is 2.48. The Bertz CT molecular complexity index is 733.